The van der Waals surface area contributed by atoms with Crippen molar-refractivity contribution in [2.75, 3.05) is 37.7 Å². The average Bonchev–Trinajstić information content (AvgIpc) is 3.08. The molecule has 1 N–H and O–H groups in total. The second-order valence-electron chi connectivity index (χ2n) is 10.2. The lowest BCUT2D eigenvalue weighted by Crippen LogP contribution is -2.57. The van der Waals surface area contributed by atoms with Crippen molar-refractivity contribution in [1.82, 2.24) is 14.8 Å². The van der Waals surface area contributed by atoms with Crippen molar-refractivity contribution in [1.29, 1.82) is 5.26 Å². The van der Waals surface area contributed by atoms with E-state index in [0.29, 0.717) is 13.0 Å². The molecule has 0 radical (unpaired) electrons. The van der Waals surface area contributed by atoms with E-state index in [4.69, 9.17) is 4.74 Å². The molecule has 1 aromatic heterocycles. The molecule has 3 aliphatic rings. The number of β-amino-alcohol motifs (C(OH)–C–C–N with tert-alkyl or cyclic N) is 1. The maximum absolute atomic E-state index is 16.2. The zero-order valence-electron chi connectivity index (χ0n) is 20.8. The van der Waals surface area contributed by atoms with Gasteiger partial charge in [-0.1, -0.05) is 24.8 Å². The van der Waals surface area contributed by atoms with Crippen molar-refractivity contribution in [2.45, 2.75) is 38.0 Å². The van der Waals surface area contributed by atoms with Crippen LogP contribution in [-0.2, 0) is 4.79 Å². The number of benzene rings is 1. The van der Waals surface area contributed by atoms with Gasteiger partial charge in [-0.3, -0.25) is 9.59 Å². The summed E-state index contributed by atoms with van der Waals surface area (Å²) in [6.45, 7) is 8.36. The molecule has 0 spiro atoms. The highest BCUT2D eigenvalue weighted by Crippen LogP contribution is 2.44. The van der Waals surface area contributed by atoms with E-state index in [-0.39, 0.29) is 66.1 Å². The van der Waals surface area contributed by atoms with Gasteiger partial charge in [0.1, 0.15) is 23.7 Å². The Morgan fingerprint density at radius 1 is 1.32 bits per heavy atom. The second kappa shape index (κ2) is 9.16. The molecule has 2 atom stereocenters. The van der Waals surface area contributed by atoms with E-state index in [2.05, 4.69) is 17.6 Å². The second-order valence-corrected chi connectivity index (χ2v) is 10.2. The van der Waals surface area contributed by atoms with E-state index in [0.717, 1.165) is 0 Å². The fraction of sp³-hybridized carbons (Fsp3) is 0.407. The predicted octanol–water partition coefficient (Wildman–Crippen LogP) is 2.34. The Hall–Kier alpha value is -3.97. The third kappa shape index (κ3) is 4.09. The van der Waals surface area contributed by atoms with Gasteiger partial charge in [-0.25, -0.2) is 9.37 Å². The predicted molar refractivity (Wildman–Crippen MR) is 133 cm³/mol. The quantitative estimate of drug-likeness (QED) is 0.638. The summed E-state index contributed by atoms with van der Waals surface area (Å²) in [7, 11) is 0. The molecule has 2 amide bonds. The van der Waals surface area contributed by atoms with Gasteiger partial charge in [-0.05, 0) is 32.4 Å². The Balaban J connectivity index is 1.69. The van der Waals surface area contributed by atoms with Gasteiger partial charge < -0.3 is 24.5 Å². The summed E-state index contributed by atoms with van der Waals surface area (Å²) in [6, 6.07) is 8.12. The van der Waals surface area contributed by atoms with E-state index in [9.17, 15) is 20.0 Å². The van der Waals surface area contributed by atoms with Crippen LogP contribution in [0.2, 0.25) is 0 Å². The number of aliphatic hydroxyl groups excluding tert-OH is 1. The van der Waals surface area contributed by atoms with Crippen LogP contribution in [-0.4, -0.2) is 82.2 Å². The number of carbonyl (C=O) groups is 2. The molecule has 2 aromatic rings. The average molecular weight is 506 g/mol. The van der Waals surface area contributed by atoms with Gasteiger partial charge in [0.15, 0.2) is 11.6 Å². The lowest BCUT2D eigenvalue weighted by Gasteiger charge is -2.40. The van der Waals surface area contributed by atoms with E-state index in [1.165, 1.54) is 6.08 Å². The van der Waals surface area contributed by atoms with Crippen molar-refractivity contribution in [3.63, 3.8) is 0 Å². The molecule has 0 bridgehead atoms. The maximum Gasteiger partial charge on any atom is 0.262 e. The number of aliphatic hydroxyl groups is 1. The first-order valence-corrected chi connectivity index (χ1v) is 12.2. The van der Waals surface area contributed by atoms with Gasteiger partial charge in [0.25, 0.3) is 5.91 Å². The highest BCUT2D eigenvalue weighted by Gasteiger charge is 2.45. The van der Waals surface area contributed by atoms with Crippen molar-refractivity contribution in [3.8, 4) is 23.1 Å². The Labute approximate surface area is 214 Å². The number of rotatable bonds is 3. The number of hydrogen-bond donors (Lipinski definition) is 1. The summed E-state index contributed by atoms with van der Waals surface area (Å²) in [5.41, 5.74) is -0.171. The van der Waals surface area contributed by atoms with Crippen LogP contribution in [0, 0.1) is 17.1 Å². The van der Waals surface area contributed by atoms with E-state index < -0.39 is 29.4 Å². The van der Waals surface area contributed by atoms with Crippen molar-refractivity contribution in [2.24, 2.45) is 0 Å². The number of aromatic nitrogens is 1. The molecule has 4 heterocycles. The molecule has 37 heavy (non-hydrogen) atoms. The van der Waals surface area contributed by atoms with Crippen LogP contribution in [0.4, 0.5) is 10.2 Å². The summed E-state index contributed by atoms with van der Waals surface area (Å²) >= 11 is 0. The van der Waals surface area contributed by atoms with Crippen LogP contribution in [0.25, 0.3) is 11.3 Å². The standard InChI is InChI=1S/C27H28FN5O4/c1-4-20(35)31-9-10-32-17(13-31)15-37-24-21(26(32)36)25(33-14-18(34)11-27(33,2)3)30-23(22(24)28)19-8-6-5-7-16(19)12-29/h4-8,17-18,34H,1,9-11,13-15H2,2-3H3. The third-order valence-corrected chi connectivity index (χ3v) is 7.36. The molecule has 3 aliphatic heterocycles. The Morgan fingerprint density at radius 3 is 2.76 bits per heavy atom. The largest absolute Gasteiger partial charge is 0.487 e. The van der Waals surface area contributed by atoms with Crippen LogP contribution in [0.3, 0.4) is 0 Å². The first-order valence-electron chi connectivity index (χ1n) is 12.2. The zero-order chi connectivity index (χ0) is 26.5. The lowest BCUT2D eigenvalue weighted by molar-refractivity contribution is -0.128. The Kier molecular flexibility index (Phi) is 6.12. The van der Waals surface area contributed by atoms with Gasteiger partial charge in [-0.2, -0.15) is 5.26 Å². The topological polar surface area (TPSA) is 110 Å². The minimum Gasteiger partial charge on any atom is -0.487 e. The molecule has 10 heteroatoms. The maximum atomic E-state index is 16.2. The number of hydrogen-bond acceptors (Lipinski definition) is 7. The summed E-state index contributed by atoms with van der Waals surface area (Å²) in [5, 5.41) is 20.1. The smallest absolute Gasteiger partial charge is 0.262 e. The highest BCUT2D eigenvalue weighted by atomic mass is 19.1. The minimum absolute atomic E-state index is 0.0103. The third-order valence-electron chi connectivity index (χ3n) is 7.36. The van der Waals surface area contributed by atoms with Crippen LogP contribution in [0.5, 0.6) is 5.75 Å². The van der Waals surface area contributed by atoms with Gasteiger partial charge in [0.05, 0.1) is 23.8 Å². The number of carbonyl (C=O) groups excluding carboxylic acids is 2. The van der Waals surface area contributed by atoms with E-state index >= 15 is 4.39 Å². The van der Waals surface area contributed by atoms with Gasteiger partial charge in [-0.15, -0.1) is 0 Å². The SMILES string of the molecule is C=CC(=O)N1CCN2C(=O)c3c(N4CC(O)CC4(C)C)nc(-c4ccccc4C#N)c(F)c3OCC2C1. The highest BCUT2D eigenvalue weighted by molar-refractivity contribution is 6.03. The first-order chi connectivity index (χ1) is 17.7. The molecule has 1 aromatic carbocycles. The number of nitrogens with zero attached hydrogens (tertiary/aromatic N) is 5. The number of nitriles is 1. The number of ether oxygens (including phenoxy) is 1. The lowest BCUT2D eigenvalue weighted by atomic mass is 9.99. The van der Waals surface area contributed by atoms with Crippen molar-refractivity contribution >= 4 is 17.6 Å². The molecule has 5 rings (SSSR count). The summed E-state index contributed by atoms with van der Waals surface area (Å²) in [5.74, 6) is -1.54. The number of fused-ring (bicyclic) bond motifs is 2. The molecule has 192 valence electrons. The minimum atomic E-state index is -0.828. The summed E-state index contributed by atoms with van der Waals surface area (Å²) in [4.78, 5) is 35.8. The Bertz CT molecular complexity index is 1340. The van der Waals surface area contributed by atoms with Crippen LogP contribution in [0.15, 0.2) is 36.9 Å². The van der Waals surface area contributed by atoms with E-state index in [1.54, 1.807) is 34.1 Å². The molecule has 2 unspecified atom stereocenters. The molecular weight excluding hydrogens is 477 g/mol. The van der Waals surface area contributed by atoms with Gasteiger partial charge in [0.2, 0.25) is 5.91 Å². The summed E-state index contributed by atoms with van der Waals surface area (Å²) < 4.78 is 22.2. The van der Waals surface area contributed by atoms with Crippen LogP contribution in [0.1, 0.15) is 36.2 Å². The summed E-state index contributed by atoms with van der Waals surface area (Å²) in [6.07, 6.45) is 1.01. The number of piperazine rings is 1. The van der Waals surface area contributed by atoms with Crippen LogP contribution < -0.4 is 9.64 Å². The molecule has 0 saturated carbocycles. The van der Waals surface area contributed by atoms with Gasteiger partial charge in [0, 0.05) is 37.3 Å². The fourth-order valence-corrected chi connectivity index (χ4v) is 5.52. The van der Waals surface area contributed by atoms with E-state index in [1.807, 2.05) is 18.7 Å². The number of halogens is 1. The zero-order valence-corrected chi connectivity index (χ0v) is 20.8. The van der Waals surface area contributed by atoms with Crippen molar-refractivity contribution in [3.05, 3.63) is 53.9 Å². The molecular formula is C27H28FN5O4. The molecule has 2 fully saturated rings. The number of pyridine rings is 1. The van der Waals surface area contributed by atoms with Crippen molar-refractivity contribution < 1.29 is 23.8 Å². The molecule has 2 saturated heterocycles. The number of anilines is 1. The van der Waals surface area contributed by atoms with Crippen LogP contribution >= 0.6 is 0 Å². The van der Waals surface area contributed by atoms with Gasteiger partial charge >= 0.3 is 0 Å². The monoisotopic (exact) mass is 505 g/mol. The number of amides is 2. The molecule has 0 aliphatic carbocycles. The Morgan fingerprint density at radius 2 is 2.08 bits per heavy atom. The fourth-order valence-electron chi connectivity index (χ4n) is 5.52. The first kappa shape index (κ1) is 24.7. The molecule has 9 nitrogen and oxygen atoms in total. The normalized spacial score (nSPS) is 22.5.